The first-order valence-electron chi connectivity index (χ1n) is 8.12. The smallest absolute Gasteiger partial charge is 0.330 e. The van der Waals surface area contributed by atoms with E-state index in [-0.39, 0.29) is 11.2 Å². The Bertz CT molecular complexity index is 702. The van der Waals surface area contributed by atoms with E-state index in [4.69, 9.17) is 4.74 Å². The Kier molecular flexibility index (Phi) is 5.80. The molecule has 0 aromatic heterocycles. The molecule has 0 fully saturated rings. The molecule has 0 saturated heterocycles. The molecule has 0 atom stereocenters. The lowest BCUT2D eigenvalue weighted by Crippen LogP contribution is -2.19. The fourth-order valence-electron chi connectivity index (χ4n) is 2.69. The molecular weight excluding hydrogens is 300 g/mol. The summed E-state index contributed by atoms with van der Waals surface area (Å²) >= 11 is 0. The van der Waals surface area contributed by atoms with Crippen LogP contribution >= 0.6 is 0 Å². The molecule has 24 heavy (non-hydrogen) atoms. The Morgan fingerprint density at radius 2 is 1.88 bits per heavy atom. The molecule has 0 spiro atoms. The maximum absolute atomic E-state index is 11.0. The van der Waals surface area contributed by atoms with Crippen LogP contribution in [0, 0.1) is 0 Å². The predicted octanol–water partition coefficient (Wildman–Crippen LogP) is 4.38. The standard InChI is InChI=1S/C21H24O3/c1-4-20(23)24-14-8-9-16-15-18(12-13-19(16)22)21(2,3)17-10-6-5-7-11-17/h4-7,10-13,15,22H,1,8-9,14H2,2-3H3. The summed E-state index contributed by atoms with van der Waals surface area (Å²) < 4.78 is 4.98. The fourth-order valence-corrected chi connectivity index (χ4v) is 2.69. The van der Waals surface area contributed by atoms with Crippen LogP contribution in [0.1, 0.15) is 37.0 Å². The van der Waals surface area contributed by atoms with Gasteiger partial charge in [0.05, 0.1) is 6.61 Å². The van der Waals surface area contributed by atoms with Crippen LogP contribution in [0.4, 0.5) is 0 Å². The number of esters is 1. The summed E-state index contributed by atoms with van der Waals surface area (Å²) in [5.41, 5.74) is 3.08. The van der Waals surface area contributed by atoms with E-state index in [1.165, 1.54) is 5.56 Å². The molecule has 0 aliphatic carbocycles. The minimum absolute atomic E-state index is 0.154. The first-order valence-corrected chi connectivity index (χ1v) is 8.12. The number of hydrogen-bond donors (Lipinski definition) is 1. The Morgan fingerprint density at radius 3 is 2.54 bits per heavy atom. The number of rotatable bonds is 7. The van der Waals surface area contributed by atoms with E-state index in [0.29, 0.717) is 19.4 Å². The highest BCUT2D eigenvalue weighted by atomic mass is 16.5. The number of phenols is 1. The number of phenolic OH excluding ortho intramolecular Hbond substituents is 1. The van der Waals surface area contributed by atoms with E-state index >= 15 is 0 Å². The summed E-state index contributed by atoms with van der Waals surface area (Å²) in [5, 5.41) is 10.1. The highest BCUT2D eigenvalue weighted by molar-refractivity contribution is 5.81. The molecular formula is C21H24O3. The number of hydrogen-bond acceptors (Lipinski definition) is 3. The minimum Gasteiger partial charge on any atom is -0.508 e. The summed E-state index contributed by atoms with van der Waals surface area (Å²) in [6, 6.07) is 16.0. The quantitative estimate of drug-likeness (QED) is 0.467. The maximum atomic E-state index is 11.0. The highest BCUT2D eigenvalue weighted by Gasteiger charge is 2.23. The molecule has 3 nitrogen and oxygen atoms in total. The lowest BCUT2D eigenvalue weighted by Gasteiger charge is -2.27. The van der Waals surface area contributed by atoms with Gasteiger partial charge in [-0.15, -0.1) is 0 Å². The Hall–Kier alpha value is -2.55. The monoisotopic (exact) mass is 324 g/mol. The van der Waals surface area contributed by atoms with Gasteiger partial charge < -0.3 is 9.84 Å². The van der Waals surface area contributed by atoms with Gasteiger partial charge in [0.2, 0.25) is 0 Å². The topological polar surface area (TPSA) is 46.5 Å². The molecule has 2 rings (SSSR count). The van der Waals surface area contributed by atoms with Crippen molar-refractivity contribution in [2.75, 3.05) is 6.61 Å². The number of carbonyl (C=O) groups excluding carboxylic acids is 1. The molecule has 0 saturated carbocycles. The largest absolute Gasteiger partial charge is 0.508 e. The zero-order valence-corrected chi connectivity index (χ0v) is 14.3. The van der Waals surface area contributed by atoms with Gasteiger partial charge in [0.15, 0.2) is 0 Å². The van der Waals surface area contributed by atoms with E-state index in [1.807, 2.05) is 30.3 Å². The second-order valence-electron chi connectivity index (χ2n) is 6.31. The van der Waals surface area contributed by atoms with Crippen molar-refractivity contribution in [1.82, 2.24) is 0 Å². The van der Waals surface area contributed by atoms with Crippen LogP contribution in [-0.2, 0) is 21.4 Å². The van der Waals surface area contributed by atoms with Crippen LogP contribution in [0.3, 0.4) is 0 Å². The van der Waals surface area contributed by atoms with Crippen molar-refractivity contribution in [1.29, 1.82) is 0 Å². The van der Waals surface area contributed by atoms with Crippen molar-refractivity contribution in [3.8, 4) is 5.75 Å². The molecule has 0 unspecified atom stereocenters. The van der Waals surface area contributed by atoms with E-state index in [9.17, 15) is 9.90 Å². The van der Waals surface area contributed by atoms with Gasteiger partial charge in [-0.1, -0.05) is 62.9 Å². The Labute approximate surface area is 143 Å². The first kappa shape index (κ1) is 17.8. The molecule has 1 N–H and O–H groups in total. The van der Waals surface area contributed by atoms with Gasteiger partial charge in [-0.2, -0.15) is 0 Å². The van der Waals surface area contributed by atoms with E-state index in [0.717, 1.165) is 17.2 Å². The van der Waals surface area contributed by atoms with Crippen LogP contribution in [0.5, 0.6) is 5.75 Å². The molecule has 2 aromatic rings. The van der Waals surface area contributed by atoms with Gasteiger partial charge in [-0.3, -0.25) is 0 Å². The molecule has 0 heterocycles. The average molecular weight is 324 g/mol. The number of aromatic hydroxyl groups is 1. The van der Waals surface area contributed by atoms with E-state index < -0.39 is 5.97 Å². The van der Waals surface area contributed by atoms with Crippen LogP contribution in [0.15, 0.2) is 61.2 Å². The van der Waals surface area contributed by atoms with Crippen molar-refractivity contribution in [2.45, 2.75) is 32.1 Å². The lowest BCUT2D eigenvalue weighted by molar-refractivity contribution is -0.137. The summed E-state index contributed by atoms with van der Waals surface area (Å²) in [7, 11) is 0. The second-order valence-corrected chi connectivity index (χ2v) is 6.31. The summed E-state index contributed by atoms with van der Waals surface area (Å²) in [6.45, 7) is 8.02. The fraction of sp³-hybridized carbons (Fsp3) is 0.286. The van der Waals surface area contributed by atoms with E-state index in [1.54, 1.807) is 6.07 Å². The number of ether oxygens (including phenoxy) is 1. The Balaban J connectivity index is 2.13. The zero-order chi connectivity index (χ0) is 17.6. The molecule has 0 radical (unpaired) electrons. The predicted molar refractivity (Wildman–Crippen MR) is 96.2 cm³/mol. The van der Waals surface area contributed by atoms with Crippen molar-refractivity contribution in [2.24, 2.45) is 0 Å². The van der Waals surface area contributed by atoms with Crippen molar-refractivity contribution >= 4 is 5.97 Å². The van der Waals surface area contributed by atoms with Crippen LogP contribution in [0.2, 0.25) is 0 Å². The summed E-state index contributed by atoms with van der Waals surface area (Å²) in [4.78, 5) is 11.0. The molecule has 126 valence electrons. The third kappa shape index (κ3) is 4.25. The van der Waals surface area contributed by atoms with Gasteiger partial charge in [0, 0.05) is 11.5 Å². The van der Waals surface area contributed by atoms with Gasteiger partial charge in [-0.25, -0.2) is 4.79 Å². The number of aryl methyl sites for hydroxylation is 1. The summed E-state index contributed by atoms with van der Waals surface area (Å²) in [6.07, 6.45) is 2.46. The second kappa shape index (κ2) is 7.82. The molecule has 0 aliphatic heterocycles. The SMILES string of the molecule is C=CC(=O)OCCCc1cc(C(C)(C)c2ccccc2)ccc1O. The third-order valence-corrected chi connectivity index (χ3v) is 4.30. The van der Waals surface area contributed by atoms with Gasteiger partial charge in [0.25, 0.3) is 0 Å². The normalized spacial score (nSPS) is 11.1. The molecule has 3 heteroatoms. The molecule has 2 aromatic carbocycles. The maximum Gasteiger partial charge on any atom is 0.330 e. The van der Waals surface area contributed by atoms with Gasteiger partial charge in [-0.05, 0) is 35.6 Å². The minimum atomic E-state index is -0.418. The highest BCUT2D eigenvalue weighted by Crippen LogP contribution is 2.34. The van der Waals surface area contributed by atoms with Crippen LogP contribution in [-0.4, -0.2) is 17.7 Å². The van der Waals surface area contributed by atoms with Crippen molar-refractivity contribution < 1.29 is 14.6 Å². The lowest BCUT2D eigenvalue weighted by atomic mass is 9.77. The van der Waals surface area contributed by atoms with E-state index in [2.05, 4.69) is 32.6 Å². The number of benzene rings is 2. The summed E-state index contributed by atoms with van der Waals surface area (Å²) in [5.74, 6) is -0.143. The number of carbonyl (C=O) groups is 1. The molecule has 0 bridgehead atoms. The Morgan fingerprint density at radius 1 is 1.17 bits per heavy atom. The van der Waals surface area contributed by atoms with Crippen molar-refractivity contribution in [3.05, 3.63) is 77.9 Å². The van der Waals surface area contributed by atoms with Gasteiger partial charge >= 0.3 is 5.97 Å². The molecule has 0 amide bonds. The zero-order valence-electron chi connectivity index (χ0n) is 14.3. The van der Waals surface area contributed by atoms with Gasteiger partial charge in [0.1, 0.15) is 5.75 Å². The van der Waals surface area contributed by atoms with Crippen molar-refractivity contribution in [3.63, 3.8) is 0 Å². The average Bonchev–Trinajstić information content (AvgIpc) is 2.60. The molecule has 0 aliphatic rings. The third-order valence-electron chi connectivity index (χ3n) is 4.30. The first-order chi connectivity index (χ1) is 11.4. The van der Waals surface area contributed by atoms with Crippen LogP contribution in [0.25, 0.3) is 0 Å². The van der Waals surface area contributed by atoms with Crippen LogP contribution < -0.4 is 0 Å².